The smallest absolute Gasteiger partial charge is 0.282 e. The van der Waals surface area contributed by atoms with Crippen LogP contribution in [0.1, 0.15) is 10.4 Å². The summed E-state index contributed by atoms with van der Waals surface area (Å²) in [6.45, 7) is 0. The van der Waals surface area contributed by atoms with Gasteiger partial charge in [-0.25, -0.2) is 0 Å². The van der Waals surface area contributed by atoms with E-state index in [0.29, 0.717) is 0 Å². The Bertz CT molecular complexity index is 480. The Hall–Kier alpha value is -0.620. The number of hydrogen-bond donors (Lipinski definition) is 1. The van der Waals surface area contributed by atoms with Gasteiger partial charge in [-0.2, -0.15) is 8.42 Å². The van der Waals surface area contributed by atoms with Crippen LogP contribution < -0.4 is 0 Å². The van der Waals surface area contributed by atoms with Gasteiger partial charge in [-0.1, -0.05) is 17.7 Å². The molecule has 0 saturated carbocycles. The van der Waals surface area contributed by atoms with Crippen molar-refractivity contribution < 1.29 is 17.8 Å². The summed E-state index contributed by atoms with van der Waals surface area (Å²) in [7, 11) is -4.43. The van der Waals surface area contributed by atoms with E-state index in [2.05, 4.69) is 0 Å². The van der Waals surface area contributed by atoms with Gasteiger partial charge in [-0.05, 0) is 23.7 Å². The second-order valence-electron chi connectivity index (χ2n) is 2.37. The Morgan fingerprint density at radius 2 is 1.93 bits per heavy atom. The lowest BCUT2D eigenvalue weighted by atomic mass is 10.2. The average molecular weight is 255 g/mol. The van der Waals surface area contributed by atoms with E-state index in [9.17, 15) is 13.2 Å². The molecule has 0 fully saturated rings. The van der Waals surface area contributed by atoms with Crippen LogP contribution in [0.5, 0.6) is 0 Å². The molecule has 0 atom stereocenters. The van der Waals surface area contributed by atoms with E-state index < -0.39 is 20.3 Å². The minimum absolute atomic E-state index is 0.163. The molecule has 1 rings (SSSR count). The van der Waals surface area contributed by atoms with Crippen molar-refractivity contribution in [3.63, 3.8) is 0 Å². The van der Waals surface area contributed by atoms with Gasteiger partial charge in [-0.3, -0.25) is 9.35 Å². The quantitative estimate of drug-likeness (QED) is 0.647. The van der Waals surface area contributed by atoms with Crippen LogP contribution in [0.25, 0.3) is 0 Å². The van der Waals surface area contributed by atoms with Crippen LogP contribution in [0, 0.1) is 0 Å². The van der Waals surface area contributed by atoms with Crippen LogP contribution in [0.2, 0.25) is 5.02 Å². The van der Waals surface area contributed by atoms with Gasteiger partial charge in [0.1, 0.15) is 4.90 Å². The van der Waals surface area contributed by atoms with E-state index in [1.165, 1.54) is 12.1 Å². The third-order valence-electron chi connectivity index (χ3n) is 1.45. The number of rotatable bonds is 2. The fraction of sp³-hybridized carbons (Fsp3) is 0. The van der Waals surface area contributed by atoms with Crippen molar-refractivity contribution >= 4 is 38.6 Å². The second-order valence-corrected chi connectivity index (χ2v) is 4.48. The van der Waals surface area contributed by atoms with E-state index in [4.69, 9.17) is 27.8 Å². The zero-order valence-electron chi connectivity index (χ0n) is 6.57. The topological polar surface area (TPSA) is 71.4 Å². The standard InChI is InChI=1S/C7H4Cl2O4S/c8-6-4(7(9)10)2-1-3-5(6)14(11,12)13/h1-3H,(H,11,12,13). The molecule has 76 valence electrons. The van der Waals surface area contributed by atoms with Gasteiger partial charge in [0.05, 0.1) is 10.6 Å². The maximum Gasteiger partial charge on any atom is 0.296 e. The molecule has 0 heterocycles. The number of hydrogen-bond acceptors (Lipinski definition) is 3. The zero-order valence-corrected chi connectivity index (χ0v) is 8.90. The van der Waals surface area contributed by atoms with E-state index in [0.717, 1.165) is 6.07 Å². The number of halogens is 2. The third kappa shape index (κ3) is 2.24. The minimum Gasteiger partial charge on any atom is -0.282 e. The van der Waals surface area contributed by atoms with Gasteiger partial charge in [0.25, 0.3) is 15.4 Å². The molecule has 1 N–H and O–H groups in total. The monoisotopic (exact) mass is 254 g/mol. The molecule has 0 aliphatic heterocycles. The largest absolute Gasteiger partial charge is 0.296 e. The van der Waals surface area contributed by atoms with Crippen LogP contribution in [0.15, 0.2) is 23.1 Å². The molecule has 1 aromatic rings. The number of benzene rings is 1. The van der Waals surface area contributed by atoms with Gasteiger partial charge < -0.3 is 0 Å². The Kier molecular flexibility index (Phi) is 3.16. The molecule has 0 aliphatic rings. The highest BCUT2D eigenvalue weighted by Gasteiger charge is 2.19. The molecule has 0 saturated heterocycles. The van der Waals surface area contributed by atoms with Crippen molar-refractivity contribution in [1.29, 1.82) is 0 Å². The van der Waals surface area contributed by atoms with Crippen LogP contribution in [-0.2, 0) is 10.1 Å². The summed E-state index contributed by atoms with van der Waals surface area (Å²) < 4.78 is 30.2. The van der Waals surface area contributed by atoms with E-state index in [-0.39, 0.29) is 10.6 Å². The highest BCUT2D eigenvalue weighted by molar-refractivity contribution is 7.86. The molecule has 14 heavy (non-hydrogen) atoms. The molecular formula is C7H4Cl2O4S. The fourth-order valence-electron chi connectivity index (χ4n) is 0.862. The van der Waals surface area contributed by atoms with Gasteiger partial charge in [0, 0.05) is 0 Å². The highest BCUT2D eigenvalue weighted by atomic mass is 35.5. The van der Waals surface area contributed by atoms with Crippen LogP contribution in [-0.4, -0.2) is 18.2 Å². The first-order valence-corrected chi connectivity index (χ1v) is 5.49. The predicted molar refractivity (Wildman–Crippen MR) is 51.5 cm³/mol. The molecule has 0 spiro atoms. The molecule has 0 aromatic heterocycles. The first-order chi connectivity index (χ1) is 6.34. The van der Waals surface area contributed by atoms with Crippen molar-refractivity contribution in [2.45, 2.75) is 4.90 Å². The van der Waals surface area contributed by atoms with Crippen molar-refractivity contribution in [2.75, 3.05) is 0 Å². The SMILES string of the molecule is O=C(Cl)c1cccc(S(=O)(=O)O)c1Cl. The van der Waals surface area contributed by atoms with Crippen LogP contribution in [0.3, 0.4) is 0 Å². The number of carbonyl (C=O) groups excluding carboxylic acids is 1. The van der Waals surface area contributed by atoms with E-state index in [1.54, 1.807) is 0 Å². The molecule has 1 aromatic carbocycles. The van der Waals surface area contributed by atoms with Crippen molar-refractivity contribution in [2.24, 2.45) is 0 Å². The van der Waals surface area contributed by atoms with Gasteiger partial charge >= 0.3 is 0 Å². The molecule has 0 radical (unpaired) electrons. The molecule has 7 heteroatoms. The van der Waals surface area contributed by atoms with Crippen LogP contribution in [0.4, 0.5) is 0 Å². The lowest BCUT2D eigenvalue weighted by Crippen LogP contribution is -2.02. The Balaban J connectivity index is 3.51. The first-order valence-electron chi connectivity index (χ1n) is 3.30. The number of carbonyl (C=O) groups is 1. The van der Waals surface area contributed by atoms with E-state index in [1.807, 2.05) is 0 Å². The van der Waals surface area contributed by atoms with Crippen molar-refractivity contribution in [3.8, 4) is 0 Å². The normalized spacial score (nSPS) is 11.4. The molecule has 0 aliphatic carbocycles. The zero-order chi connectivity index (χ0) is 10.9. The van der Waals surface area contributed by atoms with Crippen LogP contribution >= 0.6 is 23.2 Å². The fourth-order valence-corrected chi connectivity index (χ4v) is 2.16. The van der Waals surface area contributed by atoms with Gasteiger partial charge in [0.2, 0.25) is 0 Å². The highest BCUT2D eigenvalue weighted by Crippen LogP contribution is 2.26. The summed E-state index contributed by atoms with van der Waals surface area (Å²) in [5.41, 5.74) is -0.163. The summed E-state index contributed by atoms with van der Waals surface area (Å²) in [5.74, 6) is 0. The molecule has 0 unspecified atom stereocenters. The van der Waals surface area contributed by atoms with Gasteiger partial charge in [-0.15, -0.1) is 0 Å². The summed E-state index contributed by atoms with van der Waals surface area (Å²) in [5, 5.41) is -1.27. The predicted octanol–water partition coefficient (Wildman–Crippen LogP) is 1.97. The Morgan fingerprint density at radius 3 is 2.36 bits per heavy atom. The van der Waals surface area contributed by atoms with Gasteiger partial charge in [0.15, 0.2) is 0 Å². The lowest BCUT2D eigenvalue weighted by Gasteiger charge is -2.02. The summed E-state index contributed by atoms with van der Waals surface area (Å²) >= 11 is 10.7. The van der Waals surface area contributed by atoms with E-state index >= 15 is 0 Å². The lowest BCUT2D eigenvalue weighted by molar-refractivity contribution is 0.108. The molecule has 0 amide bonds. The third-order valence-corrected chi connectivity index (χ3v) is 3.07. The minimum atomic E-state index is -4.43. The Labute approximate surface area is 90.2 Å². The molecular weight excluding hydrogens is 251 g/mol. The van der Waals surface area contributed by atoms with Crippen molar-refractivity contribution in [3.05, 3.63) is 28.8 Å². The summed E-state index contributed by atoms with van der Waals surface area (Å²) in [4.78, 5) is 10.2. The Morgan fingerprint density at radius 1 is 1.36 bits per heavy atom. The average Bonchev–Trinajstić information content (AvgIpc) is 2.01. The molecule has 4 nitrogen and oxygen atoms in total. The molecule has 0 bridgehead atoms. The second kappa shape index (κ2) is 3.86. The summed E-state index contributed by atoms with van der Waals surface area (Å²) in [6.07, 6.45) is 0. The maximum absolute atomic E-state index is 10.7. The first kappa shape index (κ1) is 11.5. The summed E-state index contributed by atoms with van der Waals surface area (Å²) in [6, 6.07) is 3.58. The van der Waals surface area contributed by atoms with Crippen molar-refractivity contribution in [1.82, 2.24) is 0 Å². The maximum atomic E-state index is 10.7.